The first-order chi connectivity index (χ1) is 8.02. The van der Waals surface area contributed by atoms with Crippen LogP contribution in [-0.2, 0) is 11.3 Å². The first kappa shape index (κ1) is 13.5. The number of pyridine rings is 1. The molecule has 0 aliphatic rings. The standard InChI is InChI=1S/C11H14F2N2O2/c1-3-17-11(16)9-8(10(12)13)7(4-14)6(2)5-15-9/h5,10H,3-4,14H2,1-2H3. The van der Waals surface area contributed by atoms with E-state index in [9.17, 15) is 13.6 Å². The predicted octanol–water partition coefficient (Wildman–Crippen LogP) is 1.96. The molecular weight excluding hydrogens is 230 g/mol. The summed E-state index contributed by atoms with van der Waals surface area (Å²) in [6.07, 6.45) is -1.46. The lowest BCUT2D eigenvalue weighted by molar-refractivity contribution is 0.0507. The highest BCUT2D eigenvalue weighted by atomic mass is 19.3. The summed E-state index contributed by atoms with van der Waals surface area (Å²) in [5, 5.41) is 0. The molecule has 0 radical (unpaired) electrons. The number of halogens is 2. The van der Waals surface area contributed by atoms with Crippen molar-refractivity contribution in [2.75, 3.05) is 6.61 Å². The average molecular weight is 244 g/mol. The van der Waals surface area contributed by atoms with Gasteiger partial charge in [-0.15, -0.1) is 0 Å². The van der Waals surface area contributed by atoms with Gasteiger partial charge < -0.3 is 10.5 Å². The summed E-state index contributed by atoms with van der Waals surface area (Å²) < 4.78 is 30.6. The fraction of sp³-hybridized carbons (Fsp3) is 0.455. The molecular formula is C11H14F2N2O2. The Hall–Kier alpha value is -1.56. The zero-order valence-corrected chi connectivity index (χ0v) is 9.67. The maximum atomic E-state index is 13.0. The van der Waals surface area contributed by atoms with Crippen molar-refractivity contribution in [2.24, 2.45) is 5.73 Å². The van der Waals surface area contributed by atoms with Crippen LogP contribution in [0.3, 0.4) is 0 Å². The molecule has 94 valence electrons. The maximum absolute atomic E-state index is 13.0. The molecule has 6 heteroatoms. The lowest BCUT2D eigenvalue weighted by Crippen LogP contribution is -2.15. The predicted molar refractivity (Wildman–Crippen MR) is 57.8 cm³/mol. The zero-order chi connectivity index (χ0) is 13.0. The lowest BCUT2D eigenvalue weighted by atomic mass is 10.0. The van der Waals surface area contributed by atoms with Gasteiger partial charge in [0.1, 0.15) is 0 Å². The fourth-order valence-corrected chi connectivity index (χ4v) is 1.53. The van der Waals surface area contributed by atoms with Crippen LogP contribution in [0.2, 0.25) is 0 Å². The van der Waals surface area contributed by atoms with Gasteiger partial charge in [-0.1, -0.05) is 0 Å². The summed E-state index contributed by atoms with van der Waals surface area (Å²) in [6, 6.07) is 0. The van der Waals surface area contributed by atoms with Crippen molar-refractivity contribution in [3.63, 3.8) is 0 Å². The van der Waals surface area contributed by atoms with E-state index in [4.69, 9.17) is 5.73 Å². The van der Waals surface area contributed by atoms with E-state index in [2.05, 4.69) is 9.72 Å². The number of aromatic nitrogens is 1. The van der Waals surface area contributed by atoms with Gasteiger partial charge in [0.25, 0.3) is 6.43 Å². The van der Waals surface area contributed by atoms with Gasteiger partial charge in [-0.2, -0.15) is 0 Å². The molecule has 2 N–H and O–H groups in total. The van der Waals surface area contributed by atoms with Crippen molar-refractivity contribution < 1.29 is 18.3 Å². The Bertz CT molecular complexity index is 422. The minimum absolute atomic E-state index is 0.0690. The molecule has 0 saturated heterocycles. The van der Waals surface area contributed by atoms with Crippen LogP contribution in [0.15, 0.2) is 6.20 Å². The Morgan fingerprint density at radius 3 is 2.71 bits per heavy atom. The molecule has 1 aromatic rings. The fourth-order valence-electron chi connectivity index (χ4n) is 1.53. The van der Waals surface area contributed by atoms with E-state index in [1.54, 1.807) is 13.8 Å². The largest absolute Gasteiger partial charge is 0.461 e. The van der Waals surface area contributed by atoms with E-state index in [1.807, 2.05) is 0 Å². The molecule has 0 saturated carbocycles. The number of nitrogens with zero attached hydrogens (tertiary/aromatic N) is 1. The molecule has 0 fully saturated rings. The Morgan fingerprint density at radius 2 is 2.24 bits per heavy atom. The molecule has 0 atom stereocenters. The first-order valence-electron chi connectivity index (χ1n) is 5.16. The molecule has 0 unspecified atom stereocenters. The second-order valence-electron chi connectivity index (χ2n) is 3.41. The smallest absolute Gasteiger partial charge is 0.357 e. The van der Waals surface area contributed by atoms with E-state index in [1.165, 1.54) is 6.20 Å². The normalized spacial score (nSPS) is 10.7. The average Bonchev–Trinajstić information content (AvgIpc) is 2.28. The topological polar surface area (TPSA) is 65.2 Å². The minimum Gasteiger partial charge on any atom is -0.461 e. The van der Waals surface area contributed by atoms with E-state index < -0.39 is 18.0 Å². The molecule has 4 nitrogen and oxygen atoms in total. The van der Waals surface area contributed by atoms with Crippen molar-refractivity contribution in [3.8, 4) is 0 Å². The number of carbonyl (C=O) groups is 1. The SMILES string of the molecule is CCOC(=O)c1ncc(C)c(CN)c1C(F)F. The number of ether oxygens (including phenoxy) is 1. The van der Waals surface area contributed by atoms with Crippen molar-refractivity contribution >= 4 is 5.97 Å². The van der Waals surface area contributed by atoms with Gasteiger partial charge in [-0.05, 0) is 25.0 Å². The molecule has 0 aliphatic heterocycles. The summed E-state index contributed by atoms with van der Waals surface area (Å²) in [7, 11) is 0. The molecule has 1 heterocycles. The van der Waals surface area contributed by atoms with Crippen LogP contribution < -0.4 is 5.73 Å². The third-order valence-corrected chi connectivity index (χ3v) is 2.33. The van der Waals surface area contributed by atoms with Crippen LogP contribution in [-0.4, -0.2) is 17.6 Å². The van der Waals surface area contributed by atoms with Gasteiger partial charge in [-0.3, -0.25) is 0 Å². The third-order valence-electron chi connectivity index (χ3n) is 2.33. The van der Waals surface area contributed by atoms with Crippen molar-refractivity contribution in [1.29, 1.82) is 0 Å². The third kappa shape index (κ3) is 2.76. The monoisotopic (exact) mass is 244 g/mol. The Balaban J connectivity index is 3.35. The van der Waals surface area contributed by atoms with Gasteiger partial charge in [-0.25, -0.2) is 18.6 Å². The van der Waals surface area contributed by atoms with Crippen LogP contribution in [0.4, 0.5) is 8.78 Å². The summed E-state index contributed by atoms with van der Waals surface area (Å²) in [4.78, 5) is 15.2. The second-order valence-corrected chi connectivity index (χ2v) is 3.41. The number of nitrogens with two attached hydrogens (primary N) is 1. The first-order valence-corrected chi connectivity index (χ1v) is 5.16. The van der Waals surface area contributed by atoms with Crippen molar-refractivity contribution in [2.45, 2.75) is 26.8 Å². The van der Waals surface area contributed by atoms with Gasteiger partial charge >= 0.3 is 5.97 Å². The van der Waals surface area contributed by atoms with Crippen LogP contribution in [0, 0.1) is 6.92 Å². The second kappa shape index (κ2) is 5.67. The van der Waals surface area contributed by atoms with Crippen molar-refractivity contribution in [3.05, 3.63) is 28.6 Å². The summed E-state index contributed by atoms with van der Waals surface area (Å²) >= 11 is 0. The highest BCUT2D eigenvalue weighted by Gasteiger charge is 2.25. The van der Waals surface area contributed by atoms with Crippen molar-refractivity contribution in [1.82, 2.24) is 4.98 Å². The van der Waals surface area contributed by atoms with Gasteiger partial charge in [0, 0.05) is 12.7 Å². The number of esters is 1. The molecule has 1 rings (SSSR count). The number of hydrogen-bond acceptors (Lipinski definition) is 4. The number of hydrogen-bond donors (Lipinski definition) is 1. The highest BCUT2D eigenvalue weighted by Crippen LogP contribution is 2.28. The van der Waals surface area contributed by atoms with Crippen LogP contribution in [0.1, 0.15) is 40.5 Å². The van der Waals surface area contributed by atoms with E-state index >= 15 is 0 Å². The quantitative estimate of drug-likeness (QED) is 0.822. The molecule has 0 aliphatic carbocycles. The number of alkyl halides is 2. The summed E-state index contributed by atoms with van der Waals surface area (Å²) in [5.74, 6) is -0.850. The van der Waals surface area contributed by atoms with Crippen LogP contribution in [0.5, 0.6) is 0 Å². The van der Waals surface area contributed by atoms with Gasteiger partial charge in [0.2, 0.25) is 0 Å². The zero-order valence-electron chi connectivity index (χ0n) is 9.67. The number of aryl methyl sites for hydroxylation is 1. The van der Waals surface area contributed by atoms with Gasteiger partial charge in [0.15, 0.2) is 5.69 Å². The minimum atomic E-state index is -2.81. The number of rotatable bonds is 4. The maximum Gasteiger partial charge on any atom is 0.357 e. The van der Waals surface area contributed by atoms with E-state index in [0.717, 1.165) is 0 Å². The molecule has 0 amide bonds. The van der Waals surface area contributed by atoms with E-state index in [0.29, 0.717) is 5.56 Å². The molecule has 0 aromatic carbocycles. The Kier molecular flexibility index (Phi) is 4.51. The number of carbonyl (C=O) groups excluding carboxylic acids is 1. The molecule has 0 spiro atoms. The molecule has 1 aromatic heterocycles. The highest BCUT2D eigenvalue weighted by molar-refractivity contribution is 5.89. The molecule has 17 heavy (non-hydrogen) atoms. The Labute approximate surface area is 97.8 Å². The van der Waals surface area contributed by atoms with Crippen LogP contribution >= 0.6 is 0 Å². The lowest BCUT2D eigenvalue weighted by Gasteiger charge is -2.13. The van der Waals surface area contributed by atoms with Crippen LogP contribution in [0.25, 0.3) is 0 Å². The molecule has 0 bridgehead atoms. The summed E-state index contributed by atoms with van der Waals surface area (Å²) in [5.41, 5.74) is 5.43. The Morgan fingerprint density at radius 1 is 1.59 bits per heavy atom. The summed E-state index contributed by atoms with van der Waals surface area (Å²) in [6.45, 7) is 3.25. The van der Waals surface area contributed by atoms with Gasteiger partial charge in [0.05, 0.1) is 12.2 Å². The van der Waals surface area contributed by atoms with E-state index in [-0.39, 0.29) is 24.4 Å².